The van der Waals surface area contributed by atoms with Gasteiger partial charge in [0.25, 0.3) is 0 Å². The number of carbonyl (C=O) groups excluding carboxylic acids is 1. The molecule has 0 fully saturated rings. The molecule has 0 aromatic heterocycles. The van der Waals surface area contributed by atoms with E-state index in [9.17, 15) is 4.79 Å². The molecule has 120 valence electrons. The van der Waals surface area contributed by atoms with Crippen LogP contribution in [-0.2, 0) is 11.2 Å². The van der Waals surface area contributed by atoms with Crippen molar-refractivity contribution in [2.45, 2.75) is 13.3 Å². The molecule has 1 aliphatic rings. The standard InChI is InChI=1S/C18H21N3O2/c1-2-13-3-6-15(7-4-13)20-18(22)12-21-9-10-23-17-8-5-14(19)11-16(17)21/h3-8,11H,2,9-10,12,19H2,1H3,(H,20,22). The Morgan fingerprint density at radius 1 is 1.26 bits per heavy atom. The maximum absolute atomic E-state index is 12.3. The number of nitrogens with one attached hydrogen (secondary N) is 1. The van der Waals surface area contributed by atoms with Crippen LogP contribution in [-0.4, -0.2) is 25.6 Å². The van der Waals surface area contributed by atoms with Gasteiger partial charge in [-0.25, -0.2) is 0 Å². The normalized spacial score (nSPS) is 13.2. The van der Waals surface area contributed by atoms with E-state index in [1.807, 2.05) is 41.3 Å². The van der Waals surface area contributed by atoms with Gasteiger partial charge in [-0.3, -0.25) is 4.79 Å². The molecule has 5 heteroatoms. The van der Waals surface area contributed by atoms with Crippen molar-refractivity contribution in [3.05, 3.63) is 48.0 Å². The Hall–Kier alpha value is -2.69. The summed E-state index contributed by atoms with van der Waals surface area (Å²) in [5.74, 6) is 0.718. The number of benzene rings is 2. The average Bonchev–Trinajstić information content (AvgIpc) is 2.56. The molecule has 3 rings (SSSR count). The summed E-state index contributed by atoms with van der Waals surface area (Å²) in [4.78, 5) is 14.3. The fourth-order valence-electron chi connectivity index (χ4n) is 2.65. The van der Waals surface area contributed by atoms with Crippen molar-refractivity contribution in [1.29, 1.82) is 0 Å². The zero-order chi connectivity index (χ0) is 16.2. The van der Waals surface area contributed by atoms with Gasteiger partial charge in [0.05, 0.1) is 18.8 Å². The van der Waals surface area contributed by atoms with Gasteiger partial charge in [0, 0.05) is 11.4 Å². The van der Waals surface area contributed by atoms with E-state index in [-0.39, 0.29) is 12.5 Å². The number of aryl methyl sites for hydroxylation is 1. The smallest absolute Gasteiger partial charge is 0.243 e. The third-order valence-corrected chi connectivity index (χ3v) is 3.92. The van der Waals surface area contributed by atoms with Gasteiger partial charge in [-0.2, -0.15) is 0 Å². The van der Waals surface area contributed by atoms with Gasteiger partial charge >= 0.3 is 0 Å². The molecule has 2 aromatic rings. The number of hydrogen-bond acceptors (Lipinski definition) is 4. The maximum Gasteiger partial charge on any atom is 0.243 e. The van der Waals surface area contributed by atoms with Crippen LogP contribution < -0.4 is 20.7 Å². The van der Waals surface area contributed by atoms with Gasteiger partial charge in [-0.1, -0.05) is 19.1 Å². The monoisotopic (exact) mass is 311 g/mol. The van der Waals surface area contributed by atoms with Gasteiger partial charge in [-0.15, -0.1) is 0 Å². The highest BCUT2D eigenvalue weighted by atomic mass is 16.5. The lowest BCUT2D eigenvalue weighted by molar-refractivity contribution is -0.115. The van der Waals surface area contributed by atoms with Crippen LogP contribution in [0.25, 0.3) is 0 Å². The number of rotatable bonds is 4. The van der Waals surface area contributed by atoms with Crippen molar-refractivity contribution in [2.24, 2.45) is 0 Å². The summed E-state index contributed by atoms with van der Waals surface area (Å²) < 4.78 is 5.61. The first kappa shape index (κ1) is 15.2. The predicted molar refractivity (Wildman–Crippen MR) is 93.0 cm³/mol. The van der Waals surface area contributed by atoms with E-state index in [4.69, 9.17) is 10.5 Å². The lowest BCUT2D eigenvalue weighted by atomic mass is 10.1. The number of amides is 1. The number of anilines is 3. The lowest BCUT2D eigenvalue weighted by Crippen LogP contribution is -2.38. The topological polar surface area (TPSA) is 67.6 Å². The van der Waals surface area contributed by atoms with Crippen molar-refractivity contribution in [2.75, 3.05) is 35.6 Å². The van der Waals surface area contributed by atoms with Gasteiger partial charge in [-0.05, 0) is 42.3 Å². The number of fused-ring (bicyclic) bond motifs is 1. The van der Waals surface area contributed by atoms with Crippen LogP contribution in [0.1, 0.15) is 12.5 Å². The van der Waals surface area contributed by atoms with Crippen molar-refractivity contribution in [1.82, 2.24) is 0 Å². The van der Waals surface area contributed by atoms with Crippen molar-refractivity contribution < 1.29 is 9.53 Å². The SMILES string of the molecule is CCc1ccc(NC(=O)CN2CCOc3ccc(N)cc32)cc1. The molecule has 1 heterocycles. The zero-order valence-corrected chi connectivity index (χ0v) is 13.2. The van der Waals surface area contributed by atoms with E-state index in [1.165, 1.54) is 5.56 Å². The Bertz CT molecular complexity index is 698. The molecular weight excluding hydrogens is 290 g/mol. The first-order valence-electron chi connectivity index (χ1n) is 7.82. The summed E-state index contributed by atoms with van der Waals surface area (Å²) in [7, 11) is 0. The largest absolute Gasteiger partial charge is 0.490 e. The Balaban J connectivity index is 1.67. The summed E-state index contributed by atoms with van der Waals surface area (Å²) >= 11 is 0. The van der Waals surface area contributed by atoms with Crippen LogP contribution in [0.3, 0.4) is 0 Å². The van der Waals surface area contributed by atoms with Crippen LogP contribution in [0.5, 0.6) is 5.75 Å². The van der Waals surface area contributed by atoms with Crippen LogP contribution in [0.15, 0.2) is 42.5 Å². The number of carbonyl (C=O) groups is 1. The summed E-state index contributed by atoms with van der Waals surface area (Å²) in [6.07, 6.45) is 0.986. The second-order valence-electron chi connectivity index (χ2n) is 5.60. The Morgan fingerprint density at radius 3 is 2.78 bits per heavy atom. The van der Waals surface area contributed by atoms with Gasteiger partial charge in [0.1, 0.15) is 12.4 Å². The first-order valence-corrected chi connectivity index (χ1v) is 7.82. The minimum atomic E-state index is -0.0514. The summed E-state index contributed by atoms with van der Waals surface area (Å²) in [5.41, 5.74) is 9.44. The average molecular weight is 311 g/mol. The molecule has 0 radical (unpaired) electrons. The van der Waals surface area contributed by atoms with Crippen molar-refractivity contribution in [3.63, 3.8) is 0 Å². The molecule has 23 heavy (non-hydrogen) atoms. The third-order valence-electron chi connectivity index (χ3n) is 3.92. The molecule has 5 nitrogen and oxygen atoms in total. The molecule has 1 aliphatic heterocycles. The minimum absolute atomic E-state index is 0.0514. The van der Waals surface area contributed by atoms with E-state index in [1.54, 1.807) is 6.07 Å². The third kappa shape index (κ3) is 3.56. The molecule has 0 aliphatic carbocycles. The molecular formula is C18H21N3O2. The summed E-state index contributed by atoms with van der Waals surface area (Å²) in [6, 6.07) is 13.4. The Morgan fingerprint density at radius 2 is 2.04 bits per heavy atom. The highest BCUT2D eigenvalue weighted by Gasteiger charge is 2.20. The number of nitrogens with two attached hydrogens (primary N) is 1. The molecule has 0 saturated heterocycles. The van der Waals surface area contributed by atoms with E-state index in [0.717, 1.165) is 23.5 Å². The lowest BCUT2D eigenvalue weighted by Gasteiger charge is -2.30. The van der Waals surface area contributed by atoms with E-state index in [2.05, 4.69) is 12.2 Å². The van der Waals surface area contributed by atoms with Crippen LogP contribution >= 0.6 is 0 Å². The van der Waals surface area contributed by atoms with Crippen molar-refractivity contribution >= 4 is 23.0 Å². The number of nitrogen functional groups attached to an aromatic ring is 1. The molecule has 0 unspecified atom stereocenters. The van der Waals surface area contributed by atoms with Crippen molar-refractivity contribution in [3.8, 4) is 5.75 Å². The van der Waals surface area contributed by atoms with Crippen LogP contribution in [0.4, 0.5) is 17.1 Å². The molecule has 0 atom stereocenters. The molecule has 0 saturated carbocycles. The molecule has 1 amide bonds. The molecule has 2 aromatic carbocycles. The molecule has 0 spiro atoms. The number of ether oxygens (including phenoxy) is 1. The number of nitrogens with zero attached hydrogens (tertiary/aromatic N) is 1. The highest BCUT2D eigenvalue weighted by Crippen LogP contribution is 2.33. The second-order valence-corrected chi connectivity index (χ2v) is 5.60. The van der Waals surface area contributed by atoms with Crippen LogP contribution in [0.2, 0.25) is 0 Å². The fraction of sp³-hybridized carbons (Fsp3) is 0.278. The van der Waals surface area contributed by atoms with E-state index >= 15 is 0 Å². The minimum Gasteiger partial charge on any atom is -0.490 e. The Kier molecular flexibility index (Phi) is 4.37. The number of hydrogen-bond donors (Lipinski definition) is 2. The van der Waals surface area contributed by atoms with E-state index < -0.39 is 0 Å². The summed E-state index contributed by atoms with van der Waals surface area (Å²) in [6.45, 7) is 3.61. The molecule has 3 N–H and O–H groups in total. The maximum atomic E-state index is 12.3. The first-order chi connectivity index (χ1) is 11.2. The molecule has 0 bridgehead atoms. The van der Waals surface area contributed by atoms with Gasteiger partial charge in [0.2, 0.25) is 5.91 Å². The quantitative estimate of drug-likeness (QED) is 0.852. The fourth-order valence-corrected chi connectivity index (χ4v) is 2.65. The van der Waals surface area contributed by atoms with Gasteiger partial charge < -0.3 is 20.7 Å². The van der Waals surface area contributed by atoms with Crippen LogP contribution in [0, 0.1) is 0 Å². The zero-order valence-electron chi connectivity index (χ0n) is 13.2. The Labute approximate surface area is 136 Å². The highest BCUT2D eigenvalue weighted by molar-refractivity contribution is 5.94. The van der Waals surface area contributed by atoms with E-state index in [0.29, 0.717) is 18.8 Å². The van der Waals surface area contributed by atoms with Gasteiger partial charge in [0.15, 0.2) is 0 Å². The predicted octanol–water partition coefficient (Wildman–Crippen LogP) is 2.67. The second kappa shape index (κ2) is 6.60. The summed E-state index contributed by atoms with van der Waals surface area (Å²) in [5, 5.41) is 2.93.